The van der Waals surface area contributed by atoms with Crippen molar-refractivity contribution in [3.63, 3.8) is 0 Å². The highest BCUT2D eigenvalue weighted by Gasteiger charge is 2.41. The first-order valence-corrected chi connectivity index (χ1v) is 10.1. The number of rotatable bonds is 0. The van der Waals surface area contributed by atoms with Gasteiger partial charge in [0.05, 0.1) is 23.1 Å². The predicted molar refractivity (Wildman–Crippen MR) is 112 cm³/mol. The molecular weight excluding hydrogens is 397 g/mol. The Morgan fingerprint density at radius 2 is 2.10 bits per heavy atom. The Labute approximate surface area is 179 Å². The zero-order valence-corrected chi connectivity index (χ0v) is 17.5. The zero-order valence-electron chi connectivity index (χ0n) is 17.5. The third-order valence-corrected chi connectivity index (χ3v) is 6.34. The van der Waals surface area contributed by atoms with Crippen molar-refractivity contribution < 1.29 is 9.13 Å². The lowest BCUT2D eigenvalue weighted by Gasteiger charge is -2.47. The van der Waals surface area contributed by atoms with Crippen LogP contribution in [0.5, 0.6) is 5.88 Å². The number of likely N-dealkylation sites (N-methyl/N-ethyl adjacent to an activating group) is 1. The molecule has 3 aromatic rings. The Hall–Kier alpha value is -3.51. The van der Waals surface area contributed by atoms with Gasteiger partial charge in [0.25, 0.3) is 5.88 Å². The van der Waals surface area contributed by atoms with E-state index < -0.39 is 6.10 Å². The molecule has 8 nitrogen and oxygen atoms in total. The lowest BCUT2D eigenvalue weighted by Crippen LogP contribution is -2.53. The van der Waals surface area contributed by atoms with Crippen LogP contribution in [-0.4, -0.2) is 44.3 Å². The maximum Gasteiger partial charge on any atom is 0.258 e. The lowest BCUT2D eigenvalue weighted by molar-refractivity contribution is 0.0879. The summed E-state index contributed by atoms with van der Waals surface area (Å²) in [6.07, 6.45) is 1.68. The Morgan fingerprint density at radius 1 is 1.29 bits per heavy atom. The number of hydrogen-bond acceptors (Lipinski definition) is 7. The zero-order chi connectivity index (χ0) is 21.9. The van der Waals surface area contributed by atoms with E-state index in [4.69, 9.17) is 10.5 Å². The molecule has 0 spiro atoms. The highest BCUT2D eigenvalue weighted by molar-refractivity contribution is 5.69. The molecule has 3 atom stereocenters. The Bertz CT molecular complexity index is 1230. The molecule has 2 N–H and O–H groups in total. The highest BCUT2D eigenvalue weighted by atomic mass is 19.1. The first kappa shape index (κ1) is 19.5. The van der Waals surface area contributed by atoms with E-state index in [1.54, 1.807) is 11.7 Å². The van der Waals surface area contributed by atoms with Gasteiger partial charge in [-0.3, -0.25) is 4.68 Å². The summed E-state index contributed by atoms with van der Waals surface area (Å²) in [5.74, 6) is 0.162. The second-order valence-corrected chi connectivity index (χ2v) is 8.20. The van der Waals surface area contributed by atoms with Crippen LogP contribution < -0.4 is 10.5 Å². The molecule has 2 unspecified atom stereocenters. The van der Waals surface area contributed by atoms with Crippen LogP contribution in [0.3, 0.4) is 0 Å². The van der Waals surface area contributed by atoms with Gasteiger partial charge < -0.3 is 15.4 Å². The molecule has 2 aromatic heterocycles. The van der Waals surface area contributed by atoms with Gasteiger partial charge in [0.2, 0.25) is 0 Å². The van der Waals surface area contributed by atoms with Gasteiger partial charge >= 0.3 is 0 Å². The molecule has 0 radical (unpaired) electrons. The first-order valence-electron chi connectivity index (χ1n) is 10.1. The van der Waals surface area contributed by atoms with Crippen LogP contribution in [0.25, 0.3) is 11.3 Å². The fraction of sp³-hybridized carbons (Fsp3) is 0.364. The monoisotopic (exact) mass is 419 g/mol. The molecule has 5 rings (SSSR count). The van der Waals surface area contributed by atoms with E-state index in [1.807, 2.05) is 13.0 Å². The summed E-state index contributed by atoms with van der Waals surface area (Å²) in [5, 5.41) is 14.4. The van der Waals surface area contributed by atoms with Crippen molar-refractivity contribution in [3.05, 3.63) is 52.7 Å². The predicted octanol–water partition coefficient (Wildman–Crippen LogP) is 2.56. The Morgan fingerprint density at radius 3 is 2.84 bits per heavy atom. The van der Waals surface area contributed by atoms with Crippen molar-refractivity contribution in [3.8, 4) is 23.2 Å². The van der Waals surface area contributed by atoms with Gasteiger partial charge in [0.15, 0.2) is 5.82 Å². The van der Waals surface area contributed by atoms with E-state index in [9.17, 15) is 9.65 Å². The number of halogens is 1. The summed E-state index contributed by atoms with van der Waals surface area (Å²) in [6, 6.07) is 7.23. The molecule has 0 saturated carbocycles. The number of aromatic nitrogens is 4. The van der Waals surface area contributed by atoms with Crippen LogP contribution >= 0.6 is 0 Å². The second-order valence-electron chi connectivity index (χ2n) is 8.20. The van der Waals surface area contributed by atoms with Gasteiger partial charge in [-0.1, -0.05) is 6.07 Å². The van der Waals surface area contributed by atoms with E-state index in [2.05, 4.69) is 33.1 Å². The number of fused-ring (bicyclic) bond motifs is 7. The molecule has 1 saturated heterocycles. The minimum absolute atomic E-state index is 0.135. The third-order valence-electron chi connectivity index (χ3n) is 6.34. The van der Waals surface area contributed by atoms with Crippen LogP contribution in [0, 0.1) is 17.1 Å². The van der Waals surface area contributed by atoms with Crippen LogP contribution in [0.1, 0.15) is 41.5 Å². The van der Waals surface area contributed by atoms with E-state index in [0.717, 1.165) is 23.4 Å². The number of benzene rings is 1. The van der Waals surface area contributed by atoms with Crippen LogP contribution in [0.4, 0.5) is 10.2 Å². The van der Waals surface area contributed by atoms with Crippen molar-refractivity contribution in [2.24, 2.45) is 7.05 Å². The average molecular weight is 419 g/mol. The van der Waals surface area contributed by atoms with Gasteiger partial charge in [0.1, 0.15) is 23.7 Å². The molecule has 9 heteroatoms. The minimum atomic E-state index is -0.479. The number of anilines is 1. The van der Waals surface area contributed by atoms with Gasteiger partial charge in [-0.2, -0.15) is 10.4 Å². The number of aryl methyl sites for hydroxylation is 1. The van der Waals surface area contributed by atoms with Crippen molar-refractivity contribution in [1.29, 1.82) is 5.26 Å². The molecule has 4 heterocycles. The molecular formula is C22H22FN7O. The van der Waals surface area contributed by atoms with Gasteiger partial charge in [-0.05, 0) is 37.2 Å². The Balaban J connectivity index is 1.75. The third kappa shape index (κ3) is 3.02. The fourth-order valence-corrected chi connectivity index (χ4v) is 4.71. The summed E-state index contributed by atoms with van der Waals surface area (Å²) < 4.78 is 21.8. The van der Waals surface area contributed by atoms with E-state index in [0.29, 0.717) is 23.4 Å². The van der Waals surface area contributed by atoms with Crippen LogP contribution in [0.2, 0.25) is 0 Å². The lowest BCUT2D eigenvalue weighted by atomic mass is 9.77. The quantitative estimate of drug-likeness (QED) is 0.597. The molecule has 2 aliphatic heterocycles. The van der Waals surface area contributed by atoms with Crippen molar-refractivity contribution in [2.45, 2.75) is 31.4 Å². The highest BCUT2D eigenvalue weighted by Crippen LogP contribution is 2.41. The summed E-state index contributed by atoms with van der Waals surface area (Å²) in [7, 11) is 3.80. The normalized spacial score (nSPS) is 22.5. The van der Waals surface area contributed by atoms with Crippen LogP contribution in [-0.2, 0) is 13.5 Å². The van der Waals surface area contributed by atoms with E-state index in [1.165, 1.54) is 18.3 Å². The number of nitrogens with zero attached hydrogens (tertiary/aromatic N) is 6. The summed E-state index contributed by atoms with van der Waals surface area (Å²) >= 11 is 0. The molecule has 0 amide bonds. The molecule has 2 aliphatic rings. The van der Waals surface area contributed by atoms with Crippen molar-refractivity contribution in [2.75, 3.05) is 19.3 Å². The molecule has 1 fully saturated rings. The molecule has 31 heavy (non-hydrogen) atoms. The van der Waals surface area contributed by atoms with E-state index >= 15 is 0 Å². The maximum absolute atomic E-state index is 14.2. The molecule has 2 bridgehead atoms. The summed E-state index contributed by atoms with van der Waals surface area (Å²) in [6.45, 7) is 2.70. The standard InChI is InChI=1S/C22H22FN7O/c1-11-14-6-12(23)4-5-13(14)15-10-29(2)18(15)7-16-20(19(8-24)30(3)28-16)17-9-26-21(25)22(27-17)31-11/h4-6,9,11,15,18H,7,10H2,1-3H3,(H2,25,26)/t11-,15?,18?/m1/s1. The number of ether oxygens (including phenoxy) is 1. The maximum atomic E-state index is 14.2. The first-order chi connectivity index (χ1) is 14.9. The van der Waals surface area contributed by atoms with E-state index in [-0.39, 0.29) is 29.5 Å². The van der Waals surface area contributed by atoms with Gasteiger partial charge in [-0.25, -0.2) is 14.4 Å². The van der Waals surface area contributed by atoms with Crippen molar-refractivity contribution in [1.82, 2.24) is 24.6 Å². The van der Waals surface area contributed by atoms with Crippen LogP contribution in [0.15, 0.2) is 24.4 Å². The molecule has 0 aliphatic carbocycles. The Kier molecular flexibility index (Phi) is 4.41. The summed E-state index contributed by atoms with van der Waals surface area (Å²) in [4.78, 5) is 11.1. The summed E-state index contributed by atoms with van der Waals surface area (Å²) in [5.41, 5.74) is 10.2. The topological polar surface area (TPSA) is 106 Å². The molecule has 158 valence electrons. The molecule has 1 aromatic carbocycles. The SMILES string of the molecule is C[C@H]1Oc2nc(cnc2N)-c2c(nn(C)c2C#N)CC2C(CN2C)c2ccc(F)cc21. The fourth-order valence-electron chi connectivity index (χ4n) is 4.71. The number of hydrogen-bond donors (Lipinski definition) is 1. The van der Waals surface area contributed by atoms with Gasteiger partial charge in [-0.15, -0.1) is 0 Å². The number of nitrogens with two attached hydrogens (primary N) is 1. The number of nitrogen functional groups attached to an aromatic ring is 1. The average Bonchev–Trinajstić information content (AvgIpc) is 3.06. The number of likely N-dealkylation sites (tertiary alicyclic amines) is 1. The number of nitriles is 1. The smallest absolute Gasteiger partial charge is 0.258 e. The largest absolute Gasteiger partial charge is 0.467 e. The van der Waals surface area contributed by atoms with Crippen molar-refractivity contribution >= 4 is 5.82 Å². The minimum Gasteiger partial charge on any atom is -0.467 e. The van der Waals surface area contributed by atoms with Gasteiger partial charge in [0, 0.05) is 32.0 Å². The second kappa shape index (κ2) is 7.03.